The maximum Gasteiger partial charge on any atom is 0.171 e. The van der Waals surface area contributed by atoms with Crippen LogP contribution in [0.1, 0.15) is 25.3 Å². The Morgan fingerprint density at radius 1 is 1.43 bits per heavy atom. The molecule has 2 aromatic rings. The minimum atomic E-state index is 0.777. The van der Waals surface area contributed by atoms with Crippen molar-refractivity contribution in [3.8, 4) is 17.1 Å². The summed E-state index contributed by atoms with van der Waals surface area (Å²) in [5, 5.41) is 4.00. The van der Waals surface area contributed by atoms with E-state index in [0.717, 1.165) is 48.2 Å². The third-order valence-electron chi connectivity index (χ3n) is 4.11. The summed E-state index contributed by atoms with van der Waals surface area (Å²) < 4.78 is 10.8. The fraction of sp³-hybridized carbons (Fsp3) is 0.471. The van der Waals surface area contributed by atoms with Crippen molar-refractivity contribution in [2.45, 2.75) is 26.3 Å². The second-order valence-corrected chi connectivity index (χ2v) is 5.89. The molecule has 3 rings (SSSR count). The van der Waals surface area contributed by atoms with Gasteiger partial charge in [0.1, 0.15) is 5.75 Å². The van der Waals surface area contributed by atoms with E-state index in [2.05, 4.69) is 17.0 Å². The first-order valence-electron chi connectivity index (χ1n) is 7.56. The standard InChI is InChI=1S/C17H22N2O2/c1-13-5-4-8-19(11-13)12-15-10-18-21-17(15)14-6-3-7-16(9-14)20-2/h3,6-7,9-10,13H,4-5,8,11-12H2,1-2H3. The van der Waals surface area contributed by atoms with E-state index in [9.17, 15) is 0 Å². The van der Waals surface area contributed by atoms with Crippen molar-refractivity contribution in [2.75, 3.05) is 20.2 Å². The number of likely N-dealkylation sites (tertiary alicyclic amines) is 1. The van der Waals surface area contributed by atoms with Crippen molar-refractivity contribution in [1.82, 2.24) is 10.1 Å². The molecule has 1 aliphatic rings. The first kappa shape index (κ1) is 14.1. The quantitative estimate of drug-likeness (QED) is 0.861. The van der Waals surface area contributed by atoms with Crippen LogP contribution >= 0.6 is 0 Å². The van der Waals surface area contributed by atoms with E-state index in [4.69, 9.17) is 9.26 Å². The Morgan fingerprint density at radius 3 is 3.14 bits per heavy atom. The summed E-state index contributed by atoms with van der Waals surface area (Å²) in [6, 6.07) is 7.93. The van der Waals surface area contributed by atoms with Gasteiger partial charge < -0.3 is 9.26 Å². The maximum atomic E-state index is 5.49. The lowest BCUT2D eigenvalue weighted by atomic mass is 9.99. The second-order valence-electron chi connectivity index (χ2n) is 5.89. The molecule has 0 aliphatic carbocycles. The van der Waals surface area contributed by atoms with E-state index in [0.29, 0.717) is 0 Å². The predicted molar refractivity (Wildman–Crippen MR) is 82.2 cm³/mol. The molecule has 4 nitrogen and oxygen atoms in total. The molecular weight excluding hydrogens is 264 g/mol. The fourth-order valence-corrected chi connectivity index (χ4v) is 3.05. The number of nitrogens with zero attached hydrogens (tertiary/aromatic N) is 2. The Balaban J connectivity index is 1.80. The minimum Gasteiger partial charge on any atom is -0.497 e. The zero-order valence-electron chi connectivity index (χ0n) is 12.7. The number of rotatable bonds is 4. The van der Waals surface area contributed by atoms with E-state index in [1.165, 1.54) is 12.8 Å². The Hall–Kier alpha value is -1.81. The molecule has 0 N–H and O–H groups in total. The summed E-state index contributed by atoms with van der Waals surface area (Å²) in [4.78, 5) is 2.49. The van der Waals surface area contributed by atoms with E-state index >= 15 is 0 Å². The molecule has 1 aliphatic heterocycles. The van der Waals surface area contributed by atoms with Crippen molar-refractivity contribution in [3.63, 3.8) is 0 Å². The SMILES string of the molecule is COc1cccc(-c2oncc2CN2CCCC(C)C2)c1. The van der Waals surface area contributed by atoms with Crippen LogP contribution in [0, 0.1) is 5.92 Å². The Morgan fingerprint density at radius 2 is 2.33 bits per heavy atom. The van der Waals surface area contributed by atoms with Gasteiger partial charge in [0.15, 0.2) is 5.76 Å². The molecule has 1 aromatic heterocycles. The fourth-order valence-electron chi connectivity index (χ4n) is 3.05. The predicted octanol–water partition coefficient (Wildman–Crippen LogP) is 3.58. The number of benzene rings is 1. The van der Waals surface area contributed by atoms with Crippen LogP contribution < -0.4 is 4.74 Å². The van der Waals surface area contributed by atoms with Crippen molar-refractivity contribution in [3.05, 3.63) is 36.0 Å². The normalized spacial score (nSPS) is 19.6. The summed E-state index contributed by atoms with van der Waals surface area (Å²) in [5.74, 6) is 2.47. The highest BCUT2D eigenvalue weighted by Crippen LogP contribution is 2.28. The van der Waals surface area contributed by atoms with Gasteiger partial charge >= 0.3 is 0 Å². The lowest BCUT2D eigenvalue weighted by molar-refractivity contribution is 0.176. The molecule has 0 bridgehead atoms. The first-order chi connectivity index (χ1) is 10.3. The monoisotopic (exact) mass is 286 g/mol. The molecular formula is C17H22N2O2. The van der Waals surface area contributed by atoms with Gasteiger partial charge in [-0.15, -0.1) is 0 Å². The van der Waals surface area contributed by atoms with Gasteiger partial charge in [0.05, 0.1) is 13.3 Å². The van der Waals surface area contributed by atoms with E-state index < -0.39 is 0 Å². The van der Waals surface area contributed by atoms with Gasteiger partial charge in [-0.3, -0.25) is 4.90 Å². The molecule has 1 fully saturated rings. The number of aromatic nitrogens is 1. The van der Waals surface area contributed by atoms with Gasteiger partial charge in [-0.05, 0) is 37.4 Å². The average Bonchev–Trinajstić information content (AvgIpc) is 2.95. The highest BCUT2D eigenvalue weighted by Gasteiger charge is 2.19. The van der Waals surface area contributed by atoms with Gasteiger partial charge in [0.2, 0.25) is 0 Å². The van der Waals surface area contributed by atoms with Gasteiger partial charge in [-0.1, -0.05) is 24.2 Å². The number of hydrogen-bond acceptors (Lipinski definition) is 4. The number of ether oxygens (including phenoxy) is 1. The molecule has 0 spiro atoms. The third kappa shape index (κ3) is 3.27. The van der Waals surface area contributed by atoms with Crippen molar-refractivity contribution < 1.29 is 9.26 Å². The minimum absolute atomic E-state index is 0.777. The third-order valence-corrected chi connectivity index (χ3v) is 4.11. The number of hydrogen-bond donors (Lipinski definition) is 0. The Kier molecular flexibility index (Phi) is 4.25. The zero-order valence-corrected chi connectivity index (χ0v) is 12.7. The molecule has 0 radical (unpaired) electrons. The van der Waals surface area contributed by atoms with E-state index in [-0.39, 0.29) is 0 Å². The number of methoxy groups -OCH3 is 1. The van der Waals surface area contributed by atoms with Crippen molar-refractivity contribution >= 4 is 0 Å². The zero-order chi connectivity index (χ0) is 14.7. The maximum absolute atomic E-state index is 5.49. The molecule has 1 saturated heterocycles. The molecule has 1 unspecified atom stereocenters. The van der Waals surface area contributed by atoms with Crippen LogP contribution in [0.5, 0.6) is 5.75 Å². The molecule has 112 valence electrons. The van der Waals surface area contributed by atoms with E-state index in [1.54, 1.807) is 7.11 Å². The molecule has 1 atom stereocenters. The van der Waals surface area contributed by atoms with Crippen LogP contribution in [0.15, 0.2) is 35.0 Å². The summed E-state index contributed by atoms with van der Waals surface area (Å²) in [7, 11) is 1.68. The lowest BCUT2D eigenvalue weighted by Crippen LogP contribution is -2.33. The summed E-state index contributed by atoms with van der Waals surface area (Å²) in [6.45, 7) is 5.54. The summed E-state index contributed by atoms with van der Waals surface area (Å²) in [5.41, 5.74) is 2.17. The smallest absolute Gasteiger partial charge is 0.171 e. The highest BCUT2D eigenvalue weighted by atomic mass is 16.5. The van der Waals surface area contributed by atoms with Crippen LogP contribution in [0.25, 0.3) is 11.3 Å². The van der Waals surface area contributed by atoms with Gasteiger partial charge in [0.25, 0.3) is 0 Å². The molecule has 21 heavy (non-hydrogen) atoms. The van der Waals surface area contributed by atoms with Crippen LogP contribution in [0.2, 0.25) is 0 Å². The van der Waals surface area contributed by atoms with Gasteiger partial charge in [0, 0.05) is 24.2 Å². The molecule has 2 heterocycles. The Bertz CT molecular complexity index is 594. The topological polar surface area (TPSA) is 38.5 Å². The highest BCUT2D eigenvalue weighted by molar-refractivity contribution is 5.62. The summed E-state index contributed by atoms with van der Waals surface area (Å²) >= 11 is 0. The Labute approximate surface area is 125 Å². The van der Waals surface area contributed by atoms with Crippen LogP contribution in [0.4, 0.5) is 0 Å². The van der Waals surface area contributed by atoms with Gasteiger partial charge in [-0.2, -0.15) is 0 Å². The lowest BCUT2D eigenvalue weighted by Gasteiger charge is -2.30. The van der Waals surface area contributed by atoms with Gasteiger partial charge in [-0.25, -0.2) is 0 Å². The largest absolute Gasteiger partial charge is 0.497 e. The van der Waals surface area contributed by atoms with Crippen molar-refractivity contribution in [2.24, 2.45) is 5.92 Å². The van der Waals surface area contributed by atoms with Crippen LogP contribution in [-0.2, 0) is 6.54 Å². The molecule has 0 saturated carbocycles. The number of piperidine rings is 1. The summed E-state index contributed by atoms with van der Waals surface area (Å²) in [6.07, 6.45) is 4.46. The molecule has 4 heteroatoms. The average molecular weight is 286 g/mol. The molecule has 0 amide bonds. The molecule has 1 aromatic carbocycles. The first-order valence-corrected chi connectivity index (χ1v) is 7.56. The van der Waals surface area contributed by atoms with Crippen LogP contribution in [-0.4, -0.2) is 30.3 Å². The van der Waals surface area contributed by atoms with Crippen molar-refractivity contribution in [1.29, 1.82) is 0 Å². The van der Waals surface area contributed by atoms with E-state index in [1.807, 2.05) is 30.5 Å². The second kappa shape index (κ2) is 6.31. The van der Waals surface area contributed by atoms with Crippen LogP contribution in [0.3, 0.4) is 0 Å².